The molecule has 0 saturated carbocycles. The van der Waals surface area contributed by atoms with Crippen molar-refractivity contribution in [1.29, 1.82) is 0 Å². The lowest BCUT2D eigenvalue weighted by Gasteiger charge is -2.33. The maximum atomic E-state index is 12.0. The minimum Gasteiger partial charge on any atom is -0.338 e. The molecule has 0 aromatic carbocycles. The lowest BCUT2D eigenvalue weighted by atomic mass is 10.1. The molecule has 5 nitrogen and oxygen atoms in total. The van der Waals surface area contributed by atoms with Crippen LogP contribution in [0.15, 0.2) is 0 Å². The highest BCUT2D eigenvalue weighted by Gasteiger charge is 2.32. The summed E-state index contributed by atoms with van der Waals surface area (Å²) in [7, 11) is 0. The van der Waals surface area contributed by atoms with Gasteiger partial charge in [-0.25, -0.2) is 0 Å². The number of carbonyl (C=O) groups excluding carboxylic acids is 2. The predicted octanol–water partition coefficient (Wildman–Crippen LogP) is 0.582. The van der Waals surface area contributed by atoms with Crippen molar-refractivity contribution in [1.82, 2.24) is 9.80 Å². The van der Waals surface area contributed by atoms with Gasteiger partial charge in [0.15, 0.2) is 0 Å². The molecular weight excluding hydrogens is 230 g/mol. The first kappa shape index (κ1) is 15.0. The number of carbonyl (C=O) groups is 2. The number of likely N-dealkylation sites (tertiary alicyclic amines) is 1. The van der Waals surface area contributed by atoms with E-state index in [1.165, 1.54) is 0 Å². The van der Waals surface area contributed by atoms with Gasteiger partial charge in [-0.2, -0.15) is 0 Å². The Kier molecular flexibility index (Phi) is 5.14. The molecule has 2 N–H and O–H groups in total. The minimum absolute atomic E-state index is 0.00948. The molecule has 2 amide bonds. The zero-order chi connectivity index (χ0) is 13.9. The summed E-state index contributed by atoms with van der Waals surface area (Å²) in [6.07, 6.45) is 1.95. The molecule has 5 heteroatoms. The topological polar surface area (TPSA) is 66.6 Å². The fourth-order valence-corrected chi connectivity index (χ4v) is 2.51. The molecule has 18 heavy (non-hydrogen) atoms. The molecule has 1 aliphatic rings. The zero-order valence-electron chi connectivity index (χ0n) is 11.8. The Hall–Kier alpha value is -1.10. The number of hydrogen-bond donors (Lipinski definition) is 1. The average Bonchev–Trinajstić information content (AvgIpc) is 2.71. The number of nitrogens with zero attached hydrogens (tertiary/aromatic N) is 2. The van der Waals surface area contributed by atoms with Gasteiger partial charge in [0.05, 0.1) is 6.04 Å². The number of amides is 2. The van der Waals surface area contributed by atoms with Gasteiger partial charge >= 0.3 is 0 Å². The predicted molar refractivity (Wildman–Crippen MR) is 70.9 cm³/mol. The standard InChI is InChI=1S/C13H25N3O2/c1-9(2)16(11(4)17)8-12-6-5-7-15(12)13(18)10(3)14/h9-10,12H,5-8,14H2,1-4H3/t10-,12+/m0/s1. The van der Waals surface area contributed by atoms with Crippen molar-refractivity contribution in [2.75, 3.05) is 13.1 Å². The Bertz CT molecular complexity index is 315. The molecule has 1 aliphatic heterocycles. The first-order valence-electron chi connectivity index (χ1n) is 6.67. The average molecular weight is 255 g/mol. The highest BCUT2D eigenvalue weighted by atomic mass is 16.2. The fourth-order valence-electron chi connectivity index (χ4n) is 2.51. The van der Waals surface area contributed by atoms with Crippen LogP contribution in [0.1, 0.15) is 40.5 Å². The molecule has 0 aromatic rings. The molecule has 0 bridgehead atoms. The van der Waals surface area contributed by atoms with Crippen LogP contribution in [-0.4, -0.2) is 52.8 Å². The van der Waals surface area contributed by atoms with Gasteiger partial charge in [0, 0.05) is 32.1 Å². The molecule has 1 fully saturated rings. The molecule has 1 heterocycles. The van der Waals surface area contributed by atoms with Gasteiger partial charge in [-0.3, -0.25) is 9.59 Å². The molecule has 1 saturated heterocycles. The van der Waals surface area contributed by atoms with E-state index in [1.807, 2.05) is 23.6 Å². The SMILES string of the molecule is CC(=O)N(C[C@H]1CCCN1C(=O)[C@H](C)N)C(C)C. The first-order valence-corrected chi connectivity index (χ1v) is 6.67. The monoisotopic (exact) mass is 255 g/mol. The largest absolute Gasteiger partial charge is 0.338 e. The summed E-state index contributed by atoms with van der Waals surface area (Å²) in [5.41, 5.74) is 5.66. The van der Waals surface area contributed by atoms with Gasteiger partial charge in [-0.15, -0.1) is 0 Å². The Balaban J connectivity index is 2.70. The molecule has 104 valence electrons. The molecule has 0 aliphatic carbocycles. The number of rotatable bonds is 4. The van der Waals surface area contributed by atoms with Crippen LogP contribution < -0.4 is 5.73 Å². The van der Waals surface area contributed by atoms with Crippen molar-refractivity contribution >= 4 is 11.8 Å². The van der Waals surface area contributed by atoms with Gasteiger partial charge in [0.25, 0.3) is 0 Å². The highest BCUT2D eigenvalue weighted by Crippen LogP contribution is 2.20. The third-order valence-corrected chi connectivity index (χ3v) is 3.49. The summed E-state index contributed by atoms with van der Waals surface area (Å²) >= 11 is 0. The molecule has 0 unspecified atom stereocenters. The van der Waals surface area contributed by atoms with Crippen molar-refractivity contribution in [3.8, 4) is 0 Å². The second kappa shape index (κ2) is 6.18. The lowest BCUT2D eigenvalue weighted by Crippen LogP contribution is -2.50. The smallest absolute Gasteiger partial charge is 0.239 e. The van der Waals surface area contributed by atoms with E-state index in [1.54, 1.807) is 13.8 Å². The van der Waals surface area contributed by atoms with Crippen LogP contribution in [0.5, 0.6) is 0 Å². The van der Waals surface area contributed by atoms with Crippen molar-refractivity contribution in [3.05, 3.63) is 0 Å². The quantitative estimate of drug-likeness (QED) is 0.799. The van der Waals surface area contributed by atoms with Crippen LogP contribution in [-0.2, 0) is 9.59 Å². The first-order chi connectivity index (χ1) is 8.34. The zero-order valence-corrected chi connectivity index (χ0v) is 11.8. The summed E-state index contributed by atoms with van der Waals surface area (Å²) < 4.78 is 0. The van der Waals surface area contributed by atoms with E-state index in [0.29, 0.717) is 6.54 Å². The Labute approximate surface area is 109 Å². The maximum Gasteiger partial charge on any atom is 0.239 e. The summed E-state index contributed by atoms with van der Waals surface area (Å²) in [6.45, 7) is 8.65. The highest BCUT2D eigenvalue weighted by molar-refractivity contribution is 5.82. The second-order valence-electron chi connectivity index (χ2n) is 5.38. The number of hydrogen-bond acceptors (Lipinski definition) is 3. The van der Waals surface area contributed by atoms with Crippen molar-refractivity contribution in [3.63, 3.8) is 0 Å². The van der Waals surface area contributed by atoms with E-state index < -0.39 is 6.04 Å². The molecule has 0 spiro atoms. The van der Waals surface area contributed by atoms with E-state index in [4.69, 9.17) is 5.73 Å². The molecule has 0 radical (unpaired) electrons. The van der Waals surface area contributed by atoms with Crippen LogP contribution in [0, 0.1) is 0 Å². The van der Waals surface area contributed by atoms with Crippen LogP contribution in [0.25, 0.3) is 0 Å². The van der Waals surface area contributed by atoms with Gasteiger partial charge in [-0.05, 0) is 33.6 Å². The third kappa shape index (κ3) is 3.45. The minimum atomic E-state index is -0.463. The van der Waals surface area contributed by atoms with Gasteiger partial charge in [0.2, 0.25) is 11.8 Å². The normalized spacial score (nSPS) is 21.2. The van der Waals surface area contributed by atoms with Crippen LogP contribution in [0.4, 0.5) is 0 Å². The van der Waals surface area contributed by atoms with Gasteiger partial charge in [-0.1, -0.05) is 0 Å². The summed E-state index contributed by atoms with van der Waals surface area (Å²) in [6, 6.07) is -0.180. The molecular formula is C13H25N3O2. The van der Waals surface area contributed by atoms with E-state index in [0.717, 1.165) is 19.4 Å². The molecule has 1 rings (SSSR count). The van der Waals surface area contributed by atoms with Crippen molar-refractivity contribution in [2.45, 2.75) is 58.7 Å². The molecule has 2 atom stereocenters. The van der Waals surface area contributed by atoms with E-state index in [9.17, 15) is 9.59 Å². The van der Waals surface area contributed by atoms with Crippen LogP contribution in [0.2, 0.25) is 0 Å². The number of nitrogens with two attached hydrogens (primary N) is 1. The second-order valence-corrected chi connectivity index (χ2v) is 5.38. The van der Waals surface area contributed by atoms with Gasteiger partial charge in [0.1, 0.15) is 0 Å². The van der Waals surface area contributed by atoms with E-state index in [-0.39, 0.29) is 23.9 Å². The van der Waals surface area contributed by atoms with Crippen LogP contribution >= 0.6 is 0 Å². The fraction of sp³-hybridized carbons (Fsp3) is 0.846. The van der Waals surface area contributed by atoms with E-state index in [2.05, 4.69) is 0 Å². The third-order valence-electron chi connectivity index (χ3n) is 3.49. The van der Waals surface area contributed by atoms with Crippen molar-refractivity contribution in [2.24, 2.45) is 5.73 Å². The summed E-state index contributed by atoms with van der Waals surface area (Å²) in [5.74, 6) is 0.0508. The van der Waals surface area contributed by atoms with Crippen LogP contribution in [0.3, 0.4) is 0 Å². The lowest BCUT2D eigenvalue weighted by molar-refractivity contribution is -0.137. The Morgan fingerprint density at radius 1 is 1.39 bits per heavy atom. The summed E-state index contributed by atoms with van der Waals surface area (Å²) in [5, 5.41) is 0. The summed E-state index contributed by atoms with van der Waals surface area (Å²) in [4.78, 5) is 27.2. The van der Waals surface area contributed by atoms with E-state index >= 15 is 0 Å². The molecule has 0 aromatic heterocycles. The maximum absolute atomic E-state index is 12.0. The Morgan fingerprint density at radius 3 is 2.44 bits per heavy atom. The van der Waals surface area contributed by atoms with Crippen molar-refractivity contribution < 1.29 is 9.59 Å². The Morgan fingerprint density at radius 2 is 2.00 bits per heavy atom. The van der Waals surface area contributed by atoms with Gasteiger partial charge < -0.3 is 15.5 Å².